The number of hydrogen-bond acceptors (Lipinski definition) is 3. The van der Waals surface area contributed by atoms with E-state index in [1.807, 2.05) is 25.1 Å². The van der Waals surface area contributed by atoms with Gasteiger partial charge in [0.25, 0.3) is 0 Å². The van der Waals surface area contributed by atoms with Gasteiger partial charge < -0.3 is 14.6 Å². The summed E-state index contributed by atoms with van der Waals surface area (Å²) in [7, 11) is 1.58. The van der Waals surface area contributed by atoms with Crippen LogP contribution in [0.3, 0.4) is 0 Å². The van der Waals surface area contributed by atoms with Gasteiger partial charge in [-0.2, -0.15) is 0 Å². The van der Waals surface area contributed by atoms with Gasteiger partial charge in [0, 0.05) is 4.47 Å². The Hall–Kier alpha value is -2.01. The number of carbonyl (C=O) groups is 1. The fourth-order valence-electron chi connectivity index (χ4n) is 2.41. The Morgan fingerprint density at radius 1 is 1.22 bits per heavy atom. The fraction of sp³-hybridized carbons (Fsp3) is 0.278. The average molecular weight is 379 g/mol. The molecule has 1 unspecified atom stereocenters. The largest absolute Gasteiger partial charge is 0.497 e. The number of aliphatic carboxylic acids is 1. The Kier molecular flexibility index (Phi) is 6.04. The van der Waals surface area contributed by atoms with E-state index < -0.39 is 11.9 Å². The van der Waals surface area contributed by atoms with E-state index in [-0.39, 0.29) is 0 Å². The van der Waals surface area contributed by atoms with E-state index in [1.54, 1.807) is 31.4 Å². The molecule has 0 saturated carbocycles. The first-order valence-electron chi connectivity index (χ1n) is 7.33. The molecule has 0 saturated heterocycles. The summed E-state index contributed by atoms with van der Waals surface area (Å²) in [6.07, 6.45) is 0.358. The van der Waals surface area contributed by atoms with E-state index >= 15 is 0 Å². The standard InChI is InChI=1S/C18H19BrO4/c1-3-23-17-9-6-14(19)10-13(17)11-16(18(20)21)12-4-7-15(22-2)8-5-12/h4-10,16H,3,11H2,1-2H3,(H,20,21). The number of carboxylic acids is 1. The van der Waals surface area contributed by atoms with Crippen molar-refractivity contribution in [3.63, 3.8) is 0 Å². The SMILES string of the molecule is CCOc1ccc(Br)cc1CC(C(=O)O)c1ccc(OC)cc1. The van der Waals surface area contributed by atoms with Crippen LogP contribution in [0.25, 0.3) is 0 Å². The Morgan fingerprint density at radius 2 is 1.91 bits per heavy atom. The summed E-state index contributed by atoms with van der Waals surface area (Å²) in [6.45, 7) is 2.44. The van der Waals surface area contributed by atoms with Crippen molar-refractivity contribution >= 4 is 21.9 Å². The predicted octanol–water partition coefficient (Wildman–Crippen LogP) is 4.27. The van der Waals surface area contributed by atoms with Crippen molar-refractivity contribution in [1.82, 2.24) is 0 Å². The number of benzene rings is 2. The summed E-state index contributed by atoms with van der Waals surface area (Å²) in [5.74, 6) is -0.0854. The van der Waals surface area contributed by atoms with Crippen LogP contribution >= 0.6 is 15.9 Å². The zero-order valence-corrected chi connectivity index (χ0v) is 14.7. The van der Waals surface area contributed by atoms with Gasteiger partial charge in [-0.15, -0.1) is 0 Å². The molecule has 2 aromatic rings. The summed E-state index contributed by atoms with van der Waals surface area (Å²) < 4.78 is 11.6. The summed E-state index contributed by atoms with van der Waals surface area (Å²) in [6, 6.07) is 12.8. The average Bonchev–Trinajstić information content (AvgIpc) is 2.55. The maximum Gasteiger partial charge on any atom is 0.311 e. The molecule has 122 valence electrons. The Balaban J connectivity index is 2.32. The first-order valence-corrected chi connectivity index (χ1v) is 8.12. The lowest BCUT2D eigenvalue weighted by atomic mass is 9.91. The minimum atomic E-state index is -0.863. The maximum atomic E-state index is 11.7. The van der Waals surface area contributed by atoms with Crippen molar-refractivity contribution in [2.24, 2.45) is 0 Å². The lowest BCUT2D eigenvalue weighted by Gasteiger charge is -2.16. The second kappa shape index (κ2) is 8.02. The van der Waals surface area contributed by atoms with Gasteiger partial charge in [0.2, 0.25) is 0 Å². The van der Waals surface area contributed by atoms with Gasteiger partial charge in [0.15, 0.2) is 0 Å². The highest BCUT2D eigenvalue weighted by molar-refractivity contribution is 9.10. The summed E-state index contributed by atoms with van der Waals surface area (Å²) in [5, 5.41) is 9.62. The molecule has 4 nitrogen and oxygen atoms in total. The monoisotopic (exact) mass is 378 g/mol. The van der Waals surface area contributed by atoms with Crippen LogP contribution in [-0.2, 0) is 11.2 Å². The van der Waals surface area contributed by atoms with E-state index in [4.69, 9.17) is 9.47 Å². The minimum Gasteiger partial charge on any atom is -0.497 e. The Morgan fingerprint density at radius 3 is 2.48 bits per heavy atom. The highest BCUT2D eigenvalue weighted by atomic mass is 79.9. The topological polar surface area (TPSA) is 55.8 Å². The van der Waals surface area contributed by atoms with Gasteiger partial charge in [-0.25, -0.2) is 0 Å². The normalized spacial score (nSPS) is 11.8. The van der Waals surface area contributed by atoms with Gasteiger partial charge in [-0.05, 0) is 54.8 Å². The van der Waals surface area contributed by atoms with E-state index in [0.29, 0.717) is 18.8 Å². The van der Waals surface area contributed by atoms with Gasteiger partial charge in [0.05, 0.1) is 19.6 Å². The van der Waals surface area contributed by atoms with Crippen LogP contribution in [0, 0.1) is 0 Å². The van der Waals surface area contributed by atoms with Crippen molar-refractivity contribution in [2.45, 2.75) is 19.3 Å². The molecule has 0 heterocycles. The molecule has 0 aliphatic carbocycles. The minimum absolute atomic E-state index is 0.358. The van der Waals surface area contributed by atoms with Crippen LogP contribution < -0.4 is 9.47 Å². The summed E-state index contributed by atoms with van der Waals surface area (Å²) >= 11 is 3.43. The molecule has 1 atom stereocenters. The molecule has 0 aromatic heterocycles. The van der Waals surface area contributed by atoms with Crippen LogP contribution in [0.2, 0.25) is 0 Å². The third kappa shape index (κ3) is 4.48. The van der Waals surface area contributed by atoms with Crippen LogP contribution in [-0.4, -0.2) is 24.8 Å². The molecule has 2 aromatic carbocycles. The molecular formula is C18H19BrO4. The maximum absolute atomic E-state index is 11.7. The zero-order valence-electron chi connectivity index (χ0n) is 13.1. The van der Waals surface area contributed by atoms with Crippen LogP contribution in [0.1, 0.15) is 24.0 Å². The molecule has 0 fully saturated rings. The van der Waals surface area contributed by atoms with Crippen molar-refractivity contribution in [2.75, 3.05) is 13.7 Å². The third-order valence-electron chi connectivity index (χ3n) is 3.56. The number of carboxylic acid groups (broad SMARTS) is 1. The van der Waals surface area contributed by atoms with Crippen molar-refractivity contribution in [3.8, 4) is 11.5 Å². The number of halogens is 1. The molecule has 23 heavy (non-hydrogen) atoms. The number of rotatable bonds is 7. The number of ether oxygens (including phenoxy) is 2. The summed E-state index contributed by atoms with van der Waals surface area (Å²) in [4.78, 5) is 11.7. The molecule has 1 N–H and O–H groups in total. The quantitative estimate of drug-likeness (QED) is 0.781. The van der Waals surface area contributed by atoms with Crippen molar-refractivity contribution in [3.05, 3.63) is 58.1 Å². The molecule has 2 rings (SSSR count). The highest BCUT2D eigenvalue weighted by Gasteiger charge is 2.22. The van der Waals surface area contributed by atoms with E-state index in [0.717, 1.165) is 21.3 Å². The van der Waals surface area contributed by atoms with E-state index in [2.05, 4.69) is 15.9 Å². The Bertz CT molecular complexity index is 667. The summed E-state index contributed by atoms with van der Waals surface area (Å²) in [5.41, 5.74) is 1.60. The third-order valence-corrected chi connectivity index (χ3v) is 4.06. The molecule has 0 spiro atoms. The molecule has 0 bridgehead atoms. The zero-order chi connectivity index (χ0) is 16.8. The molecule has 0 aliphatic heterocycles. The molecule has 0 amide bonds. The van der Waals surface area contributed by atoms with Crippen molar-refractivity contribution in [1.29, 1.82) is 0 Å². The second-order valence-corrected chi connectivity index (χ2v) is 5.97. The van der Waals surface area contributed by atoms with Gasteiger partial charge in [0.1, 0.15) is 11.5 Å². The molecule has 5 heteroatoms. The highest BCUT2D eigenvalue weighted by Crippen LogP contribution is 2.30. The predicted molar refractivity (Wildman–Crippen MR) is 92.4 cm³/mol. The first-order chi connectivity index (χ1) is 11.0. The van der Waals surface area contributed by atoms with E-state index in [1.165, 1.54) is 0 Å². The second-order valence-electron chi connectivity index (χ2n) is 5.05. The number of hydrogen-bond donors (Lipinski definition) is 1. The lowest BCUT2D eigenvalue weighted by molar-refractivity contribution is -0.138. The molecule has 0 radical (unpaired) electrons. The number of methoxy groups -OCH3 is 1. The Labute approximate surface area is 144 Å². The molecular weight excluding hydrogens is 360 g/mol. The van der Waals surface area contributed by atoms with Gasteiger partial charge in [-0.1, -0.05) is 28.1 Å². The van der Waals surface area contributed by atoms with Crippen LogP contribution in [0.5, 0.6) is 11.5 Å². The smallest absolute Gasteiger partial charge is 0.311 e. The molecule has 0 aliphatic rings. The first kappa shape index (κ1) is 17.3. The van der Waals surface area contributed by atoms with Crippen LogP contribution in [0.15, 0.2) is 46.9 Å². The van der Waals surface area contributed by atoms with Gasteiger partial charge in [-0.3, -0.25) is 4.79 Å². The fourth-order valence-corrected chi connectivity index (χ4v) is 2.82. The van der Waals surface area contributed by atoms with Crippen LogP contribution in [0.4, 0.5) is 0 Å². The lowest BCUT2D eigenvalue weighted by Crippen LogP contribution is -2.15. The van der Waals surface area contributed by atoms with E-state index in [9.17, 15) is 9.90 Å². The van der Waals surface area contributed by atoms with Crippen molar-refractivity contribution < 1.29 is 19.4 Å². The van der Waals surface area contributed by atoms with Gasteiger partial charge >= 0.3 is 5.97 Å².